The summed E-state index contributed by atoms with van der Waals surface area (Å²) in [5.41, 5.74) is 2.11. The van der Waals surface area contributed by atoms with Gasteiger partial charge in [-0.2, -0.15) is 0 Å². The van der Waals surface area contributed by atoms with Crippen LogP contribution in [0.25, 0.3) is 21.6 Å². The molecule has 1 amide bonds. The maximum Gasteiger partial charge on any atom is 0.257 e. The van der Waals surface area contributed by atoms with Gasteiger partial charge in [-0.05, 0) is 54.6 Å². The van der Waals surface area contributed by atoms with Crippen LogP contribution in [0, 0.1) is 0 Å². The molecule has 0 saturated carbocycles. The molecule has 1 N–H and O–H groups in total. The number of carbonyl (C=O) groups is 1. The third-order valence-electron chi connectivity index (χ3n) is 4.11. The van der Waals surface area contributed by atoms with Gasteiger partial charge in [-0.15, -0.1) is 5.10 Å². The van der Waals surface area contributed by atoms with E-state index in [0.29, 0.717) is 29.7 Å². The summed E-state index contributed by atoms with van der Waals surface area (Å²) in [6.45, 7) is 5.15. The largest absolute Gasteiger partial charge is 0.494 e. The zero-order chi connectivity index (χ0) is 19.5. The zero-order valence-electron chi connectivity index (χ0n) is 15.4. The normalized spacial score (nSPS) is 10.9. The molecule has 9 heteroatoms. The summed E-state index contributed by atoms with van der Waals surface area (Å²) in [6, 6.07) is 12.9. The molecule has 8 nitrogen and oxygen atoms in total. The van der Waals surface area contributed by atoms with Gasteiger partial charge in [-0.25, -0.2) is 9.67 Å². The Hall–Kier alpha value is -3.33. The fourth-order valence-corrected chi connectivity index (χ4v) is 3.70. The first-order valence-corrected chi connectivity index (χ1v) is 9.71. The number of benzene rings is 2. The number of aryl methyl sites for hydroxylation is 1. The lowest BCUT2D eigenvalue weighted by molar-refractivity contribution is 0.102. The topological polar surface area (TPSA) is 94.8 Å². The van der Waals surface area contributed by atoms with Crippen LogP contribution in [0.3, 0.4) is 0 Å². The van der Waals surface area contributed by atoms with E-state index in [1.165, 1.54) is 11.3 Å². The second-order valence-corrected chi connectivity index (χ2v) is 6.97. The minimum Gasteiger partial charge on any atom is -0.494 e. The van der Waals surface area contributed by atoms with Crippen LogP contribution in [0.4, 0.5) is 5.13 Å². The molecule has 0 fully saturated rings. The summed E-state index contributed by atoms with van der Waals surface area (Å²) in [5, 5.41) is 15.1. The molecular formula is C19H18N6O2S. The number of fused-ring (bicyclic) bond motifs is 1. The number of tetrazole rings is 1. The summed E-state index contributed by atoms with van der Waals surface area (Å²) in [7, 11) is 0. The van der Waals surface area contributed by atoms with E-state index in [1.54, 1.807) is 16.8 Å². The second-order valence-electron chi connectivity index (χ2n) is 5.93. The van der Waals surface area contributed by atoms with Crippen molar-refractivity contribution >= 4 is 32.6 Å². The number of thiazole rings is 1. The van der Waals surface area contributed by atoms with Crippen LogP contribution in [-0.4, -0.2) is 37.7 Å². The Bertz CT molecular complexity index is 1140. The Labute approximate surface area is 165 Å². The lowest BCUT2D eigenvalue weighted by Gasteiger charge is -2.05. The smallest absolute Gasteiger partial charge is 0.257 e. The van der Waals surface area contributed by atoms with Crippen LogP contribution in [0.5, 0.6) is 5.75 Å². The molecule has 0 saturated heterocycles. The molecular weight excluding hydrogens is 376 g/mol. The molecule has 4 aromatic rings. The van der Waals surface area contributed by atoms with Gasteiger partial charge in [-0.3, -0.25) is 10.1 Å². The van der Waals surface area contributed by atoms with Gasteiger partial charge in [0.15, 0.2) is 11.0 Å². The highest BCUT2D eigenvalue weighted by Gasteiger charge is 2.13. The van der Waals surface area contributed by atoms with E-state index >= 15 is 0 Å². The van der Waals surface area contributed by atoms with E-state index in [-0.39, 0.29) is 5.91 Å². The van der Waals surface area contributed by atoms with Gasteiger partial charge >= 0.3 is 0 Å². The highest BCUT2D eigenvalue weighted by Crippen LogP contribution is 2.29. The Morgan fingerprint density at radius 1 is 1.21 bits per heavy atom. The Kier molecular flexibility index (Phi) is 4.98. The summed E-state index contributed by atoms with van der Waals surface area (Å²) in [4.78, 5) is 17.2. The van der Waals surface area contributed by atoms with E-state index in [0.717, 1.165) is 21.5 Å². The third kappa shape index (κ3) is 3.56. The number of aromatic nitrogens is 5. The maximum atomic E-state index is 12.7. The molecule has 0 aliphatic heterocycles. The standard InChI is InChI=1S/C19H18N6O2S/c1-3-25-17(22-23-24-25)12-6-5-7-13(10-12)18(26)21-19-20-15-9-8-14(27-4-2)11-16(15)28-19/h5-11H,3-4H2,1-2H3,(H,20,21,26). The van der Waals surface area contributed by atoms with Crippen molar-refractivity contribution in [3.8, 4) is 17.1 Å². The Morgan fingerprint density at radius 2 is 2.11 bits per heavy atom. The van der Waals surface area contributed by atoms with Gasteiger partial charge in [0.2, 0.25) is 0 Å². The maximum absolute atomic E-state index is 12.7. The van der Waals surface area contributed by atoms with Crippen LogP contribution in [0.15, 0.2) is 42.5 Å². The van der Waals surface area contributed by atoms with Crippen LogP contribution in [-0.2, 0) is 6.54 Å². The number of rotatable bonds is 6. The molecule has 2 aromatic heterocycles. The number of ether oxygens (including phenoxy) is 1. The van der Waals surface area contributed by atoms with Gasteiger partial charge in [-0.1, -0.05) is 23.5 Å². The van der Waals surface area contributed by atoms with Gasteiger partial charge in [0.1, 0.15) is 5.75 Å². The van der Waals surface area contributed by atoms with Crippen molar-refractivity contribution in [2.75, 3.05) is 11.9 Å². The fraction of sp³-hybridized carbons (Fsp3) is 0.211. The average Bonchev–Trinajstić information content (AvgIpc) is 3.34. The minimum atomic E-state index is -0.235. The monoisotopic (exact) mass is 394 g/mol. The number of amides is 1. The minimum absolute atomic E-state index is 0.235. The van der Waals surface area contributed by atoms with Crippen LogP contribution in [0.1, 0.15) is 24.2 Å². The van der Waals surface area contributed by atoms with E-state index in [9.17, 15) is 4.79 Å². The number of nitrogens with one attached hydrogen (secondary N) is 1. The SMILES string of the molecule is CCOc1ccc2nc(NC(=O)c3cccc(-c4nnnn4CC)c3)sc2c1. The van der Waals surface area contributed by atoms with Gasteiger partial charge in [0.05, 0.1) is 16.8 Å². The molecule has 28 heavy (non-hydrogen) atoms. The molecule has 2 aromatic carbocycles. The summed E-state index contributed by atoms with van der Waals surface area (Å²) in [6.07, 6.45) is 0. The van der Waals surface area contributed by atoms with Crippen molar-refractivity contribution in [3.63, 3.8) is 0 Å². The number of hydrogen-bond donors (Lipinski definition) is 1. The molecule has 0 atom stereocenters. The van der Waals surface area contributed by atoms with Crippen LogP contribution < -0.4 is 10.1 Å². The lowest BCUT2D eigenvalue weighted by Crippen LogP contribution is -2.11. The highest BCUT2D eigenvalue weighted by molar-refractivity contribution is 7.22. The number of carbonyl (C=O) groups excluding carboxylic acids is 1. The van der Waals surface area contributed by atoms with Crippen molar-refractivity contribution in [1.82, 2.24) is 25.2 Å². The molecule has 4 rings (SSSR count). The number of nitrogens with zero attached hydrogens (tertiary/aromatic N) is 5. The zero-order valence-corrected chi connectivity index (χ0v) is 16.2. The lowest BCUT2D eigenvalue weighted by atomic mass is 10.1. The van der Waals surface area contributed by atoms with Crippen molar-refractivity contribution in [2.24, 2.45) is 0 Å². The van der Waals surface area contributed by atoms with Crippen molar-refractivity contribution in [2.45, 2.75) is 20.4 Å². The second kappa shape index (κ2) is 7.73. The first-order chi connectivity index (χ1) is 13.7. The van der Waals surface area contributed by atoms with Gasteiger partial charge in [0.25, 0.3) is 5.91 Å². The molecule has 0 aliphatic rings. The van der Waals surface area contributed by atoms with Gasteiger partial charge < -0.3 is 4.74 Å². The van der Waals surface area contributed by atoms with Gasteiger partial charge in [0, 0.05) is 17.7 Å². The van der Waals surface area contributed by atoms with Crippen molar-refractivity contribution < 1.29 is 9.53 Å². The summed E-state index contributed by atoms with van der Waals surface area (Å²) < 4.78 is 8.15. The molecule has 142 valence electrons. The summed E-state index contributed by atoms with van der Waals surface area (Å²) >= 11 is 1.41. The number of hydrogen-bond acceptors (Lipinski definition) is 7. The third-order valence-corrected chi connectivity index (χ3v) is 5.04. The van der Waals surface area contributed by atoms with Crippen molar-refractivity contribution in [3.05, 3.63) is 48.0 Å². The fourth-order valence-electron chi connectivity index (χ4n) is 2.81. The molecule has 0 aliphatic carbocycles. The van der Waals surface area contributed by atoms with E-state index < -0.39 is 0 Å². The molecule has 0 spiro atoms. The van der Waals surface area contributed by atoms with E-state index in [4.69, 9.17) is 4.74 Å². The van der Waals surface area contributed by atoms with Crippen molar-refractivity contribution in [1.29, 1.82) is 0 Å². The van der Waals surface area contributed by atoms with Crippen LogP contribution in [0.2, 0.25) is 0 Å². The number of anilines is 1. The quantitative estimate of drug-likeness (QED) is 0.537. The predicted octanol–water partition coefficient (Wildman–Crippen LogP) is 3.62. The average molecular weight is 394 g/mol. The predicted molar refractivity (Wildman–Crippen MR) is 108 cm³/mol. The Balaban J connectivity index is 1.57. The molecule has 2 heterocycles. The molecule has 0 radical (unpaired) electrons. The molecule has 0 bridgehead atoms. The molecule has 0 unspecified atom stereocenters. The first-order valence-electron chi connectivity index (χ1n) is 8.89. The highest BCUT2D eigenvalue weighted by atomic mass is 32.1. The van der Waals surface area contributed by atoms with E-state index in [2.05, 4.69) is 25.8 Å². The summed E-state index contributed by atoms with van der Waals surface area (Å²) in [5.74, 6) is 1.18. The van der Waals surface area contributed by atoms with E-state index in [1.807, 2.05) is 44.2 Å². The van der Waals surface area contributed by atoms with Crippen LogP contribution >= 0.6 is 11.3 Å². The first kappa shape index (κ1) is 18.1. The Morgan fingerprint density at radius 3 is 2.93 bits per heavy atom.